The highest BCUT2D eigenvalue weighted by molar-refractivity contribution is 5.94. The molecule has 0 radical (unpaired) electrons. The van der Waals surface area contributed by atoms with Gasteiger partial charge in [-0.15, -0.1) is 0 Å². The third-order valence-electron chi connectivity index (χ3n) is 1.76. The molecule has 0 aromatic heterocycles. The SMILES string of the molecule is CC(N)NC(=O)c1ccc(CO)cc1. The number of hydrogen-bond donors (Lipinski definition) is 3. The number of nitrogens with two attached hydrogens (primary N) is 1. The zero-order valence-corrected chi connectivity index (χ0v) is 8.03. The summed E-state index contributed by atoms with van der Waals surface area (Å²) in [5.41, 5.74) is 6.74. The molecule has 0 spiro atoms. The Hall–Kier alpha value is -1.39. The van der Waals surface area contributed by atoms with Crippen LogP contribution < -0.4 is 11.1 Å². The Labute approximate surface area is 82.7 Å². The van der Waals surface area contributed by atoms with Crippen molar-refractivity contribution in [3.05, 3.63) is 35.4 Å². The number of hydrogen-bond acceptors (Lipinski definition) is 3. The average molecular weight is 194 g/mol. The largest absolute Gasteiger partial charge is 0.392 e. The van der Waals surface area contributed by atoms with E-state index in [0.29, 0.717) is 5.56 Å². The second-order valence-electron chi connectivity index (χ2n) is 3.12. The molecule has 1 atom stereocenters. The maximum atomic E-state index is 11.4. The molecule has 76 valence electrons. The minimum Gasteiger partial charge on any atom is -0.392 e. The second kappa shape index (κ2) is 4.74. The number of aliphatic hydroxyl groups excluding tert-OH is 1. The molecular formula is C10H14N2O2. The van der Waals surface area contributed by atoms with E-state index >= 15 is 0 Å². The molecule has 1 unspecified atom stereocenters. The summed E-state index contributed by atoms with van der Waals surface area (Å²) < 4.78 is 0. The number of benzene rings is 1. The van der Waals surface area contributed by atoms with E-state index in [1.807, 2.05) is 0 Å². The van der Waals surface area contributed by atoms with Crippen LogP contribution in [0.1, 0.15) is 22.8 Å². The van der Waals surface area contributed by atoms with Crippen LogP contribution in [0.3, 0.4) is 0 Å². The van der Waals surface area contributed by atoms with E-state index in [1.54, 1.807) is 31.2 Å². The summed E-state index contributed by atoms with van der Waals surface area (Å²) >= 11 is 0. The molecule has 4 nitrogen and oxygen atoms in total. The van der Waals surface area contributed by atoms with Crippen molar-refractivity contribution in [3.8, 4) is 0 Å². The number of rotatable bonds is 3. The first-order valence-corrected chi connectivity index (χ1v) is 4.39. The summed E-state index contributed by atoms with van der Waals surface area (Å²) in [5, 5.41) is 11.4. The van der Waals surface area contributed by atoms with Crippen molar-refractivity contribution in [1.29, 1.82) is 0 Å². The molecule has 0 heterocycles. The Bertz CT molecular complexity index is 306. The van der Waals surface area contributed by atoms with Crippen molar-refractivity contribution in [2.75, 3.05) is 0 Å². The highest BCUT2D eigenvalue weighted by Crippen LogP contribution is 2.04. The van der Waals surface area contributed by atoms with E-state index < -0.39 is 0 Å². The summed E-state index contributed by atoms with van der Waals surface area (Å²) in [7, 11) is 0. The number of aliphatic hydroxyl groups is 1. The predicted molar refractivity (Wildman–Crippen MR) is 53.5 cm³/mol. The first kappa shape index (κ1) is 10.7. The Morgan fingerprint density at radius 3 is 2.50 bits per heavy atom. The lowest BCUT2D eigenvalue weighted by molar-refractivity contribution is 0.0941. The molecule has 0 bridgehead atoms. The van der Waals surface area contributed by atoms with Gasteiger partial charge in [-0.25, -0.2) is 0 Å². The van der Waals surface area contributed by atoms with Crippen LogP contribution in [0.25, 0.3) is 0 Å². The van der Waals surface area contributed by atoms with Gasteiger partial charge in [-0.05, 0) is 24.6 Å². The van der Waals surface area contributed by atoms with Gasteiger partial charge in [0.05, 0.1) is 12.8 Å². The molecule has 4 N–H and O–H groups in total. The van der Waals surface area contributed by atoms with E-state index in [0.717, 1.165) is 5.56 Å². The van der Waals surface area contributed by atoms with Crippen LogP contribution in [0, 0.1) is 0 Å². The molecule has 1 aromatic carbocycles. The fourth-order valence-electron chi connectivity index (χ4n) is 1.05. The molecule has 1 amide bonds. The first-order chi connectivity index (χ1) is 6.63. The van der Waals surface area contributed by atoms with Gasteiger partial charge < -0.3 is 16.2 Å². The van der Waals surface area contributed by atoms with Crippen LogP contribution in [-0.2, 0) is 6.61 Å². The molecule has 4 heteroatoms. The second-order valence-corrected chi connectivity index (χ2v) is 3.12. The number of carbonyl (C=O) groups is 1. The van der Waals surface area contributed by atoms with Crippen molar-refractivity contribution in [1.82, 2.24) is 5.32 Å². The Morgan fingerprint density at radius 2 is 2.07 bits per heavy atom. The van der Waals surface area contributed by atoms with Crippen LogP contribution in [0.4, 0.5) is 0 Å². The van der Waals surface area contributed by atoms with Gasteiger partial charge in [-0.3, -0.25) is 4.79 Å². The van der Waals surface area contributed by atoms with Crippen LogP contribution in [0.5, 0.6) is 0 Å². The quantitative estimate of drug-likeness (QED) is 0.602. The normalized spacial score (nSPS) is 12.2. The van der Waals surface area contributed by atoms with E-state index in [-0.39, 0.29) is 18.7 Å². The van der Waals surface area contributed by atoms with Gasteiger partial charge in [-0.1, -0.05) is 12.1 Å². The van der Waals surface area contributed by atoms with Crippen molar-refractivity contribution in [2.24, 2.45) is 5.73 Å². The molecule has 1 rings (SSSR count). The lowest BCUT2D eigenvalue weighted by Crippen LogP contribution is -2.38. The van der Waals surface area contributed by atoms with Gasteiger partial charge in [0.25, 0.3) is 5.91 Å². The van der Waals surface area contributed by atoms with E-state index in [4.69, 9.17) is 10.8 Å². The van der Waals surface area contributed by atoms with Gasteiger partial charge in [0.2, 0.25) is 0 Å². The summed E-state index contributed by atoms with van der Waals surface area (Å²) in [5.74, 6) is -0.204. The molecule has 0 aliphatic carbocycles. The van der Waals surface area contributed by atoms with Gasteiger partial charge in [0.1, 0.15) is 0 Å². The Kier molecular flexibility index (Phi) is 3.62. The van der Waals surface area contributed by atoms with Crippen LogP contribution in [-0.4, -0.2) is 17.2 Å². The molecule has 0 aliphatic rings. The summed E-state index contributed by atoms with van der Waals surface area (Å²) in [4.78, 5) is 11.4. The van der Waals surface area contributed by atoms with Gasteiger partial charge in [0, 0.05) is 5.56 Å². The molecule has 0 fully saturated rings. The lowest BCUT2D eigenvalue weighted by atomic mass is 10.1. The van der Waals surface area contributed by atoms with Crippen molar-refractivity contribution in [3.63, 3.8) is 0 Å². The summed E-state index contributed by atoms with van der Waals surface area (Å²) in [6, 6.07) is 6.72. The topological polar surface area (TPSA) is 75.3 Å². The maximum Gasteiger partial charge on any atom is 0.252 e. The standard InChI is InChI=1S/C10H14N2O2/c1-7(11)12-10(14)9-4-2-8(6-13)3-5-9/h2-5,7,13H,6,11H2,1H3,(H,12,14). The average Bonchev–Trinajstić information content (AvgIpc) is 2.17. The molecule has 14 heavy (non-hydrogen) atoms. The minimum atomic E-state index is -0.361. The zero-order valence-electron chi connectivity index (χ0n) is 8.03. The van der Waals surface area contributed by atoms with E-state index in [9.17, 15) is 4.79 Å². The monoisotopic (exact) mass is 194 g/mol. The smallest absolute Gasteiger partial charge is 0.252 e. The molecule has 0 saturated heterocycles. The fourth-order valence-corrected chi connectivity index (χ4v) is 1.05. The number of carbonyl (C=O) groups excluding carboxylic acids is 1. The molecule has 1 aromatic rings. The van der Waals surface area contributed by atoms with Gasteiger partial charge >= 0.3 is 0 Å². The predicted octanol–water partition coefficient (Wildman–Crippen LogP) is 0.213. The Balaban J connectivity index is 2.71. The number of nitrogens with one attached hydrogen (secondary N) is 1. The van der Waals surface area contributed by atoms with Crippen molar-refractivity contribution < 1.29 is 9.90 Å². The van der Waals surface area contributed by atoms with Crippen LogP contribution >= 0.6 is 0 Å². The number of amides is 1. The van der Waals surface area contributed by atoms with Crippen molar-refractivity contribution >= 4 is 5.91 Å². The minimum absolute atomic E-state index is 0.0187. The Morgan fingerprint density at radius 1 is 1.50 bits per heavy atom. The van der Waals surface area contributed by atoms with Crippen LogP contribution in [0.15, 0.2) is 24.3 Å². The van der Waals surface area contributed by atoms with E-state index in [1.165, 1.54) is 0 Å². The highest BCUT2D eigenvalue weighted by Gasteiger charge is 2.05. The zero-order chi connectivity index (χ0) is 10.6. The molecule has 0 aliphatic heterocycles. The molecular weight excluding hydrogens is 180 g/mol. The summed E-state index contributed by atoms with van der Waals surface area (Å²) in [6.07, 6.45) is -0.361. The third-order valence-corrected chi connectivity index (χ3v) is 1.76. The maximum absolute atomic E-state index is 11.4. The first-order valence-electron chi connectivity index (χ1n) is 4.39. The van der Waals surface area contributed by atoms with Crippen LogP contribution in [0.2, 0.25) is 0 Å². The van der Waals surface area contributed by atoms with Crippen molar-refractivity contribution in [2.45, 2.75) is 19.7 Å². The van der Waals surface area contributed by atoms with E-state index in [2.05, 4.69) is 5.32 Å². The fraction of sp³-hybridized carbons (Fsp3) is 0.300. The summed E-state index contributed by atoms with van der Waals surface area (Å²) in [6.45, 7) is 1.68. The highest BCUT2D eigenvalue weighted by atomic mass is 16.3. The lowest BCUT2D eigenvalue weighted by Gasteiger charge is -2.08. The third kappa shape index (κ3) is 2.83. The molecule has 0 saturated carbocycles. The van der Waals surface area contributed by atoms with Gasteiger partial charge in [0.15, 0.2) is 0 Å². The van der Waals surface area contributed by atoms with Gasteiger partial charge in [-0.2, -0.15) is 0 Å².